The fourth-order valence-corrected chi connectivity index (χ4v) is 0.342. The van der Waals surface area contributed by atoms with Crippen LogP contribution in [0.1, 0.15) is 0 Å². The Kier molecular flexibility index (Phi) is 12.2. The van der Waals surface area contributed by atoms with Crippen molar-refractivity contribution in [1.82, 2.24) is 4.90 Å². The van der Waals surface area contributed by atoms with Crippen molar-refractivity contribution in [1.29, 1.82) is 0 Å². The SMILES string of the molecule is [Ag].[CH2-]N(C)C.[c-]1ccccc1. The molecule has 0 aliphatic carbocycles. The number of nitrogens with zero attached hydrogens (tertiary/aromatic N) is 1. The summed E-state index contributed by atoms with van der Waals surface area (Å²) in [5.74, 6) is 0. The van der Waals surface area contributed by atoms with Crippen molar-refractivity contribution in [3.05, 3.63) is 43.4 Å². The zero-order valence-corrected chi connectivity index (χ0v) is 8.32. The van der Waals surface area contributed by atoms with E-state index < -0.39 is 0 Å². The molecule has 2 heteroatoms. The van der Waals surface area contributed by atoms with E-state index in [0.717, 1.165) is 0 Å². The second-order valence-electron chi connectivity index (χ2n) is 2.16. The molecule has 0 aliphatic rings. The van der Waals surface area contributed by atoms with Gasteiger partial charge in [-0.1, -0.05) is 0 Å². The molecule has 0 fully saturated rings. The third kappa shape index (κ3) is 17.8. The van der Waals surface area contributed by atoms with Crippen molar-refractivity contribution in [3.63, 3.8) is 0 Å². The normalized spacial score (nSPS) is 7.64. The maximum atomic E-state index is 3.47. The first-order chi connectivity index (χ1) is 4.73. The summed E-state index contributed by atoms with van der Waals surface area (Å²) in [4.78, 5) is 1.75. The molecule has 0 saturated heterocycles. The van der Waals surface area contributed by atoms with E-state index in [4.69, 9.17) is 0 Å². The molecule has 1 rings (SSSR count). The van der Waals surface area contributed by atoms with Gasteiger partial charge in [-0.25, -0.2) is 0 Å². The molecule has 0 heterocycles. The third-order valence-electron chi connectivity index (χ3n) is 0.607. The number of benzene rings is 1. The van der Waals surface area contributed by atoms with Gasteiger partial charge in [-0.15, -0.1) is 0 Å². The molecule has 0 N–H and O–H groups in total. The van der Waals surface area contributed by atoms with E-state index in [2.05, 4.69) is 13.1 Å². The van der Waals surface area contributed by atoms with Gasteiger partial charge in [0.1, 0.15) is 0 Å². The van der Waals surface area contributed by atoms with Gasteiger partial charge in [0.05, 0.1) is 0 Å². The maximum Gasteiger partial charge on any atom is 0 e. The Bertz CT molecular complexity index is 110. The summed E-state index contributed by atoms with van der Waals surface area (Å²) < 4.78 is 0. The van der Waals surface area contributed by atoms with Gasteiger partial charge in [0.2, 0.25) is 0 Å². The molecule has 1 radical (unpaired) electrons. The summed E-state index contributed by atoms with van der Waals surface area (Å²) in [6, 6.07) is 12.5. The summed E-state index contributed by atoms with van der Waals surface area (Å²) >= 11 is 0. The molecule has 1 aromatic rings. The Morgan fingerprint density at radius 3 is 1.55 bits per heavy atom. The molecular weight excluding hydrogens is 230 g/mol. The predicted molar refractivity (Wildman–Crippen MR) is 44.3 cm³/mol. The Morgan fingerprint density at radius 1 is 1.09 bits per heavy atom. The zero-order valence-electron chi connectivity index (χ0n) is 6.84. The molecule has 0 aromatic heterocycles. The van der Waals surface area contributed by atoms with Crippen LogP contribution in [0.2, 0.25) is 0 Å². The summed E-state index contributed by atoms with van der Waals surface area (Å²) in [7, 11) is 7.25. The molecular formula is C9H13AgN-2. The van der Waals surface area contributed by atoms with E-state index in [1.807, 2.05) is 44.4 Å². The van der Waals surface area contributed by atoms with Crippen molar-refractivity contribution in [2.75, 3.05) is 14.1 Å². The van der Waals surface area contributed by atoms with Gasteiger partial charge in [-0.3, -0.25) is 7.05 Å². The van der Waals surface area contributed by atoms with Gasteiger partial charge in [-0.2, -0.15) is 36.4 Å². The summed E-state index contributed by atoms with van der Waals surface area (Å²) in [6.07, 6.45) is 0. The first-order valence-electron chi connectivity index (χ1n) is 3.12. The third-order valence-corrected chi connectivity index (χ3v) is 0.607. The molecule has 0 aliphatic heterocycles. The number of rotatable bonds is 0. The van der Waals surface area contributed by atoms with E-state index >= 15 is 0 Å². The molecule has 67 valence electrons. The van der Waals surface area contributed by atoms with Crippen LogP contribution in [-0.4, -0.2) is 19.0 Å². The van der Waals surface area contributed by atoms with Gasteiger partial charge in [-0.05, 0) is 14.1 Å². The van der Waals surface area contributed by atoms with Crippen molar-refractivity contribution < 1.29 is 22.4 Å². The number of hydrogen-bond donors (Lipinski definition) is 0. The largest absolute Gasteiger partial charge is 0.464 e. The van der Waals surface area contributed by atoms with E-state index in [-0.39, 0.29) is 22.4 Å². The monoisotopic (exact) mass is 242 g/mol. The van der Waals surface area contributed by atoms with Crippen LogP contribution < -0.4 is 0 Å². The maximum absolute atomic E-state index is 3.47. The van der Waals surface area contributed by atoms with Crippen molar-refractivity contribution in [2.45, 2.75) is 0 Å². The predicted octanol–water partition coefficient (Wildman–Crippen LogP) is 1.82. The van der Waals surface area contributed by atoms with Crippen LogP contribution in [0, 0.1) is 13.1 Å². The van der Waals surface area contributed by atoms with Crippen LogP contribution in [0.4, 0.5) is 0 Å². The molecule has 0 atom stereocenters. The van der Waals surface area contributed by atoms with E-state index in [1.54, 1.807) is 4.90 Å². The Morgan fingerprint density at radius 2 is 1.45 bits per heavy atom. The molecule has 0 bridgehead atoms. The molecule has 0 amide bonds. The van der Waals surface area contributed by atoms with Crippen LogP contribution in [0.3, 0.4) is 0 Å². The minimum atomic E-state index is 0. The minimum absolute atomic E-state index is 0. The average Bonchev–Trinajstić information content (AvgIpc) is 1.90. The molecule has 1 nitrogen and oxygen atoms in total. The fraction of sp³-hybridized carbons (Fsp3) is 0.222. The average molecular weight is 243 g/mol. The van der Waals surface area contributed by atoms with Gasteiger partial charge in [0, 0.05) is 22.4 Å². The van der Waals surface area contributed by atoms with Crippen LogP contribution >= 0.6 is 0 Å². The zero-order chi connectivity index (χ0) is 7.82. The molecule has 0 spiro atoms. The van der Waals surface area contributed by atoms with Gasteiger partial charge >= 0.3 is 0 Å². The first kappa shape index (κ1) is 13.5. The molecule has 1 aromatic carbocycles. The summed E-state index contributed by atoms with van der Waals surface area (Å²) in [5, 5.41) is 0. The van der Waals surface area contributed by atoms with E-state index in [1.165, 1.54) is 0 Å². The molecule has 0 unspecified atom stereocenters. The number of hydrogen-bond acceptors (Lipinski definition) is 1. The Hall–Kier alpha value is -0.0797. The van der Waals surface area contributed by atoms with Crippen molar-refractivity contribution in [2.24, 2.45) is 0 Å². The van der Waals surface area contributed by atoms with Gasteiger partial charge < -0.3 is 4.90 Å². The van der Waals surface area contributed by atoms with E-state index in [9.17, 15) is 0 Å². The second-order valence-corrected chi connectivity index (χ2v) is 2.16. The molecule has 0 saturated carbocycles. The van der Waals surface area contributed by atoms with Crippen LogP contribution in [-0.2, 0) is 22.4 Å². The smallest absolute Gasteiger partial charge is 0 e. The molecule has 11 heavy (non-hydrogen) atoms. The van der Waals surface area contributed by atoms with Crippen molar-refractivity contribution >= 4 is 0 Å². The Balaban J connectivity index is 0. The van der Waals surface area contributed by atoms with Crippen molar-refractivity contribution in [3.8, 4) is 0 Å². The fourth-order valence-electron chi connectivity index (χ4n) is 0.342. The van der Waals surface area contributed by atoms with Crippen LogP contribution in [0.5, 0.6) is 0 Å². The minimum Gasteiger partial charge on any atom is -0.464 e. The summed E-state index contributed by atoms with van der Waals surface area (Å²) in [6.45, 7) is 0. The van der Waals surface area contributed by atoms with Crippen LogP contribution in [0.15, 0.2) is 30.3 Å². The van der Waals surface area contributed by atoms with Crippen LogP contribution in [0.25, 0.3) is 0 Å². The van der Waals surface area contributed by atoms with Gasteiger partial charge in [0.25, 0.3) is 0 Å². The topological polar surface area (TPSA) is 3.24 Å². The second kappa shape index (κ2) is 9.92. The quantitative estimate of drug-likeness (QED) is 0.496. The summed E-state index contributed by atoms with van der Waals surface area (Å²) in [5.41, 5.74) is 0. The van der Waals surface area contributed by atoms with E-state index in [0.29, 0.717) is 0 Å². The Labute approximate surface area is 84.9 Å². The standard InChI is InChI=1S/C6H5.C3H8N.Ag/c1-2-4-6-5-3-1;1-4(2)3;/h1-5H;1H2,2-3H3;/q2*-1;. The first-order valence-corrected chi connectivity index (χ1v) is 3.12. The van der Waals surface area contributed by atoms with Gasteiger partial charge in [0.15, 0.2) is 0 Å².